The molecule has 0 bridgehead atoms. The van der Waals surface area contributed by atoms with Crippen LogP contribution in [0.5, 0.6) is 17.4 Å². The van der Waals surface area contributed by atoms with E-state index < -0.39 is 6.61 Å². The van der Waals surface area contributed by atoms with Crippen LogP contribution in [0.25, 0.3) is 44.6 Å². The number of alkyl halides is 2. The lowest BCUT2D eigenvalue weighted by Crippen LogP contribution is -2.05. The van der Waals surface area contributed by atoms with Crippen molar-refractivity contribution >= 4 is 27.9 Å². The van der Waals surface area contributed by atoms with E-state index in [0.29, 0.717) is 28.6 Å². The summed E-state index contributed by atoms with van der Waals surface area (Å²) < 4.78 is 42.3. The molecule has 0 amide bonds. The summed E-state index contributed by atoms with van der Waals surface area (Å²) in [6.07, 6.45) is 9.56. The van der Waals surface area contributed by atoms with Crippen molar-refractivity contribution in [2.45, 2.75) is 20.0 Å². The maximum absolute atomic E-state index is 13.1. The zero-order valence-corrected chi connectivity index (χ0v) is 26.5. The number of rotatable bonds is 8. The standard InChI is InChI=1S/C19H18F2N6O.C15H15N3O/c1-22-17-7-15-14(9-23-17)25-18(27(15)3)13-5-4-11(6-16(13)28-19(20)21)12-8-24-26(2)10-12;1-3-11-6-4-5-7-14(11)19-15-8-13-12(9-16-15)17-10-18(13)2/h4-10,19H,1-3H3,(H,22,23);4-10H,3H2,1-2H3. The van der Waals surface area contributed by atoms with E-state index >= 15 is 0 Å². The monoisotopic (exact) mass is 637 g/mol. The Labute approximate surface area is 269 Å². The van der Waals surface area contributed by atoms with Crippen LogP contribution in [0.4, 0.5) is 14.6 Å². The number of ether oxygens (including phenoxy) is 2. The Balaban J connectivity index is 0.000000177. The number of fused-ring (bicyclic) bond motifs is 2. The number of hydrogen-bond acceptors (Lipinski definition) is 8. The average Bonchev–Trinajstić information content (AvgIpc) is 3.77. The van der Waals surface area contributed by atoms with Gasteiger partial charge >= 0.3 is 6.61 Å². The van der Waals surface area contributed by atoms with Crippen LogP contribution in [0.15, 0.2) is 85.7 Å². The number of pyridine rings is 2. The molecule has 11 nitrogen and oxygen atoms in total. The van der Waals surface area contributed by atoms with Crippen LogP contribution in [0.2, 0.25) is 0 Å². The smallest absolute Gasteiger partial charge is 0.387 e. The van der Waals surface area contributed by atoms with Crippen molar-refractivity contribution in [2.75, 3.05) is 12.4 Å². The number of anilines is 1. The van der Waals surface area contributed by atoms with Crippen molar-refractivity contribution in [2.24, 2.45) is 21.1 Å². The van der Waals surface area contributed by atoms with Crippen molar-refractivity contribution in [1.82, 2.24) is 38.9 Å². The molecule has 0 saturated carbocycles. The van der Waals surface area contributed by atoms with Crippen LogP contribution in [0, 0.1) is 0 Å². The maximum Gasteiger partial charge on any atom is 0.387 e. The second-order valence-corrected chi connectivity index (χ2v) is 10.7. The molecular formula is C34H33F2N9O2. The molecule has 0 aliphatic carbocycles. The first-order valence-electron chi connectivity index (χ1n) is 14.8. The molecule has 2 aromatic carbocycles. The van der Waals surface area contributed by atoms with E-state index in [1.54, 1.807) is 62.0 Å². The van der Waals surface area contributed by atoms with E-state index in [1.807, 2.05) is 59.6 Å². The highest BCUT2D eigenvalue weighted by Gasteiger charge is 2.19. The number of hydrogen-bond donors (Lipinski definition) is 1. The second kappa shape index (κ2) is 13.3. The molecule has 0 unspecified atom stereocenters. The highest BCUT2D eigenvalue weighted by molar-refractivity contribution is 5.84. The summed E-state index contributed by atoms with van der Waals surface area (Å²) in [7, 11) is 7.35. The number of nitrogens with zero attached hydrogens (tertiary/aromatic N) is 8. The van der Waals surface area contributed by atoms with Gasteiger partial charge in [0, 0.05) is 52.1 Å². The molecule has 13 heteroatoms. The normalized spacial score (nSPS) is 11.1. The maximum atomic E-state index is 13.1. The first-order chi connectivity index (χ1) is 22.7. The Morgan fingerprint density at radius 3 is 2.40 bits per heavy atom. The Bertz CT molecular complexity index is 2170. The van der Waals surface area contributed by atoms with Gasteiger partial charge in [-0.25, -0.2) is 19.9 Å². The fraction of sp³-hybridized carbons (Fsp3) is 0.206. The van der Waals surface area contributed by atoms with Crippen molar-refractivity contribution in [3.8, 4) is 39.9 Å². The minimum atomic E-state index is -2.95. The molecule has 5 heterocycles. The molecule has 1 N–H and O–H groups in total. The summed E-state index contributed by atoms with van der Waals surface area (Å²) >= 11 is 0. The molecule has 0 fully saturated rings. The summed E-state index contributed by atoms with van der Waals surface area (Å²) in [4.78, 5) is 17.4. The lowest BCUT2D eigenvalue weighted by molar-refractivity contribution is -0.0494. The van der Waals surface area contributed by atoms with Gasteiger partial charge in [0.15, 0.2) is 0 Å². The molecule has 0 radical (unpaired) electrons. The fourth-order valence-corrected chi connectivity index (χ4v) is 5.20. The predicted molar refractivity (Wildman–Crippen MR) is 177 cm³/mol. The van der Waals surface area contributed by atoms with Gasteiger partial charge in [0.25, 0.3) is 0 Å². The van der Waals surface area contributed by atoms with Gasteiger partial charge in [0.1, 0.15) is 34.2 Å². The summed E-state index contributed by atoms with van der Waals surface area (Å²) in [5.41, 5.74) is 6.56. The Morgan fingerprint density at radius 2 is 1.66 bits per heavy atom. The molecule has 240 valence electrons. The van der Waals surface area contributed by atoms with Gasteiger partial charge in [-0.1, -0.05) is 31.2 Å². The SMILES string of the molecule is CCc1ccccc1Oc1cc2c(cn1)ncn2C.CNc1cc2c(cn1)nc(-c1ccc(-c3cnn(C)c3)cc1OC(F)F)n2C. The fourth-order valence-electron chi connectivity index (χ4n) is 5.20. The third kappa shape index (κ3) is 6.59. The van der Waals surface area contributed by atoms with Crippen LogP contribution in [0.1, 0.15) is 12.5 Å². The van der Waals surface area contributed by atoms with Crippen LogP contribution in [0.3, 0.4) is 0 Å². The van der Waals surface area contributed by atoms with Crippen LogP contribution in [-0.4, -0.2) is 52.5 Å². The van der Waals surface area contributed by atoms with Crippen LogP contribution >= 0.6 is 0 Å². The highest BCUT2D eigenvalue weighted by atomic mass is 19.3. The van der Waals surface area contributed by atoms with Crippen LogP contribution < -0.4 is 14.8 Å². The van der Waals surface area contributed by atoms with E-state index in [1.165, 1.54) is 5.56 Å². The zero-order chi connectivity index (χ0) is 33.1. The van der Waals surface area contributed by atoms with Gasteiger partial charge in [0.2, 0.25) is 5.88 Å². The Hall–Kier alpha value is -5.85. The van der Waals surface area contributed by atoms with Crippen molar-refractivity contribution < 1.29 is 18.3 Å². The molecular weight excluding hydrogens is 604 g/mol. The summed E-state index contributed by atoms with van der Waals surface area (Å²) in [5, 5.41) is 7.10. The summed E-state index contributed by atoms with van der Waals surface area (Å²) in [6.45, 7) is -0.838. The van der Waals surface area contributed by atoms with Crippen molar-refractivity contribution in [3.63, 3.8) is 0 Å². The first kappa shape index (κ1) is 31.1. The molecule has 0 saturated heterocycles. The number of aryl methyl sites for hydroxylation is 4. The molecule has 0 aliphatic heterocycles. The Kier molecular flexibility index (Phi) is 8.78. The predicted octanol–water partition coefficient (Wildman–Crippen LogP) is 7.00. The quantitative estimate of drug-likeness (QED) is 0.190. The molecule has 0 aliphatic rings. The lowest BCUT2D eigenvalue weighted by Gasteiger charge is -2.12. The van der Waals surface area contributed by atoms with Crippen LogP contribution in [-0.2, 0) is 27.6 Å². The van der Waals surface area contributed by atoms with Crippen molar-refractivity contribution in [3.05, 3.63) is 91.3 Å². The summed E-state index contributed by atoms with van der Waals surface area (Å²) in [5.74, 6) is 2.71. The van der Waals surface area contributed by atoms with Crippen molar-refractivity contribution in [1.29, 1.82) is 0 Å². The topological polar surface area (TPSA) is 110 Å². The van der Waals surface area contributed by atoms with E-state index in [2.05, 4.69) is 43.3 Å². The largest absolute Gasteiger partial charge is 0.439 e. The number of imidazole rings is 2. The van der Waals surface area contributed by atoms with E-state index in [-0.39, 0.29) is 5.75 Å². The number of halogens is 2. The Morgan fingerprint density at radius 1 is 0.851 bits per heavy atom. The minimum Gasteiger partial charge on any atom is -0.439 e. The van der Waals surface area contributed by atoms with E-state index in [4.69, 9.17) is 9.47 Å². The molecule has 47 heavy (non-hydrogen) atoms. The number of para-hydroxylation sites is 1. The minimum absolute atomic E-state index is 0.0524. The van der Waals surface area contributed by atoms with Gasteiger partial charge < -0.3 is 23.9 Å². The molecule has 7 aromatic rings. The van der Waals surface area contributed by atoms with E-state index in [9.17, 15) is 8.78 Å². The van der Waals surface area contributed by atoms with Gasteiger partial charge in [0.05, 0.1) is 41.5 Å². The van der Waals surface area contributed by atoms with Gasteiger partial charge in [-0.3, -0.25) is 4.68 Å². The molecule has 5 aromatic heterocycles. The first-order valence-corrected chi connectivity index (χ1v) is 14.8. The molecule has 7 rings (SSSR count). The summed E-state index contributed by atoms with van der Waals surface area (Å²) in [6, 6.07) is 16.9. The molecule has 0 spiro atoms. The van der Waals surface area contributed by atoms with E-state index in [0.717, 1.165) is 39.8 Å². The number of benzene rings is 2. The third-order valence-corrected chi connectivity index (χ3v) is 7.65. The highest BCUT2D eigenvalue weighted by Crippen LogP contribution is 2.36. The van der Waals surface area contributed by atoms with Gasteiger partial charge in [-0.05, 0) is 35.7 Å². The molecule has 0 atom stereocenters. The number of nitrogens with one attached hydrogen (secondary N) is 1. The average molecular weight is 638 g/mol. The number of aromatic nitrogens is 8. The lowest BCUT2D eigenvalue weighted by atomic mass is 10.1. The second-order valence-electron chi connectivity index (χ2n) is 10.7. The van der Waals surface area contributed by atoms with Gasteiger partial charge in [-0.15, -0.1) is 0 Å². The third-order valence-electron chi connectivity index (χ3n) is 7.65. The van der Waals surface area contributed by atoms with Gasteiger partial charge in [-0.2, -0.15) is 13.9 Å². The zero-order valence-electron chi connectivity index (χ0n) is 26.5.